The van der Waals surface area contributed by atoms with Crippen LogP contribution in [0.25, 0.3) is 0 Å². The molecule has 1 aromatic rings. The highest BCUT2D eigenvalue weighted by Gasteiger charge is 2.32. The van der Waals surface area contributed by atoms with Crippen LogP contribution in [0.15, 0.2) is 18.3 Å². The van der Waals surface area contributed by atoms with E-state index in [1.54, 1.807) is 6.20 Å². The third kappa shape index (κ3) is 1.89. The van der Waals surface area contributed by atoms with Crippen molar-refractivity contribution in [3.8, 4) is 0 Å². The molecule has 1 fully saturated rings. The van der Waals surface area contributed by atoms with Crippen LogP contribution in [0.1, 0.15) is 13.3 Å². The summed E-state index contributed by atoms with van der Waals surface area (Å²) in [4.78, 5) is 4.03. The molecular weight excluding hydrogens is 164 g/mol. The Balaban J connectivity index is 2.03. The summed E-state index contributed by atoms with van der Waals surface area (Å²) in [5, 5.41) is 3.40. The van der Waals surface area contributed by atoms with E-state index in [1.165, 1.54) is 6.42 Å². The van der Waals surface area contributed by atoms with Crippen molar-refractivity contribution >= 4 is 11.5 Å². The molecule has 0 radical (unpaired) electrons. The third-order valence-electron chi connectivity index (χ3n) is 2.37. The standard InChI is InChI=1S/C9H14N4/c1-6-4-8(6)12-7-2-3-11-9(5-7)13-10/h2-3,5-6,8H,4,10H2,1H3,(H2,11,12,13). The second-order valence-electron chi connectivity index (χ2n) is 3.54. The number of pyridine rings is 1. The summed E-state index contributed by atoms with van der Waals surface area (Å²) < 4.78 is 0. The molecule has 70 valence electrons. The molecule has 1 heterocycles. The zero-order valence-corrected chi connectivity index (χ0v) is 7.62. The first-order valence-electron chi connectivity index (χ1n) is 4.49. The average Bonchev–Trinajstić information content (AvgIpc) is 2.82. The van der Waals surface area contributed by atoms with Crippen molar-refractivity contribution < 1.29 is 0 Å². The van der Waals surface area contributed by atoms with Gasteiger partial charge in [0.2, 0.25) is 0 Å². The Kier molecular flexibility index (Phi) is 2.06. The molecule has 4 N–H and O–H groups in total. The van der Waals surface area contributed by atoms with Crippen molar-refractivity contribution in [2.24, 2.45) is 11.8 Å². The van der Waals surface area contributed by atoms with Crippen LogP contribution in [0.2, 0.25) is 0 Å². The first-order chi connectivity index (χ1) is 6.29. The molecule has 1 aliphatic rings. The normalized spacial score (nSPS) is 25.4. The van der Waals surface area contributed by atoms with Crippen LogP contribution in [0, 0.1) is 5.92 Å². The molecular formula is C9H14N4. The minimum atomic E-state index is 0.632. The number of anilines is 2. The lowest BCUT2D eigenvalue weighted by molar-refractivity contribution is 0.929. The van der Waals surface area contributed by atoms with E-state index >= 15 is 0 Å². The molecule has 1 aromatic heterocycles. The second-order valence-corrected chi connectivity index (χ2v) is 3.54. The zero-order valence-electron chi connectivity index (χ0n) is 7.62. The largest absolute Gasteiger partial charge is 0.382 e. The zero-order chi connectivity index (χ0) is 9.26. The predicted molar refractivity (Wildman–Crippen MR) is 53.2 cm³/mol. The molecule has 4 nitrogen and oxygen atoms in total. The molecule has 4 heteroatoms. The molecule has 1 aliphatic carbocycles. The maximum absolute atomic E-state index is 5.25. The van der Waals surface area contributed by atoms with E-state index in [4.69, 9.17) is 5.84 Å². The highest BCUT2D eigenvalue weighted by atomic mass is 15.2. The summed E-state index contributed by atoms with van der Waals surface area (Å²) in [7, 11) is 0. The van der Waals surface area contributed by atoms with E-state index in [9.17, 15) is 0 Å². The van der Waals surface area contributed by atoms with Gasteiger partial charge < -0.3 is 10.7 Å². The highest BCUT2D eigenvalue weighted by Crippen LogP contribution is 2.32. The Bertz CT molecular complexity index is 299. The summed E-state index contributed by atoms with van der Waals surface area (Å²) >= 11 is 0. The summed E-state index contributed by atoms with van der Waals surface area (Å²) in [6.45, 7) is 2.24. The SMILES string of the molecule is CC1CC1Nc1ccnc(NN)c1. The van der Waals surface area contributed by atoms with E-state index in [-0.39, 0.29) is 0 Å². The highest BCUT2D eigenvalue weighted by molar-refractivity contribution is 5.52. The fourth-order valence-corrected chi connectivity index (χ4v) is 1.34. The van der Waals surface area contributed by atoms with Crippen LogP contribution >= 0.6 is 0 Å². The predicted octanol–water partition coefficient (Wildman–Crippen LogP) is 1.19. The molecule has 2 atom stereocenters. The number of hydrogen-bond donors (Lipinski definition) is 3. The van der Waals surface area contributed by atoms with Crippen molar-refractivity contribution in [1.82, 2.24) is 4.98 Å². The van der Waals surface area contributed by atoms with Crippen LogP contribution in [0.5, 0.6) is 0 Å². The van der Waals surface area contributed by atoms with Gasteiger partial charge in [-0.05, 0) is 18.4 Å². The van der Waals surface area contributed by atoms with Gasteiger partial charge in [-0.1, -0.05) is 6.92 Å². The number of nitrogens with zero attached hydrogens (tertiary/aromatic N) is 1. The number of aromatic nitrogens is 1. The van der Waals surface area contributed by atoms with Crippen molar-refractivity contribution in [3.05, 3.63) is 18.3 Å². The number of hydrazine groups is 1. The number of nitrogens with two attached hydrogens (primary N) is 1. The van der Waals surface area contributed by atoms with Gasteiger partial charge in [0.15, 0.2) is 0 Å². The van der Waals surface area contributed by atoms with Gasteiger partial charge in [-0.2, -0.15) is 0 Å². The van der Waals surface area contributed by atoms with E-state index in [1.807, 2.05) is 12.1 Å². The maximum Gasteiger partial charge on any atom is 0.141 e. The first-order valence-corrected chi connectivity index (χ1v) is 4.49. The summed E-state index contributed by atoms with van der Waals surface area (Å²) in [6.07, 6.45) is 3.00. The Morgan fingerprint density at radius 1 is 1.62 bits per heavy atom. The topological polar surface area (TPSA) is 63.0 Å². The smallest absolute Gasteiger partial charge is 0.141 e. The fraction of sp³-hybridized carbons (Fsp3) is 0.444. The van der Waals surface area contributed by atoms with Crippen LogP contribution in [0.4, 0.5) is 11.5 Å². The second kappa shape index (κ2) is 3.22. The quantitative estimate of drug-likeness (QED) is 0.480. The Labute approximate surface area is 77.5 Å². The molecule has 0 bridgehead atoms. The van der Waals surface area contributed by atoms with Gasteiger partial charge in [0, 0.05) is 24.0 Å². The molecule has 0 saturated heterocycles. The van der Waals surface area contributed by atoms with Crippen molar-refractivity contribution in [2.45, 2.75) is 19.4 Å². The van der Waals surface area contributed by atoms with Gasteiger partial charge in [0.1, 0.15) is 5.82 Å². The van der Waals surface area contributed by atoms with Crippen molar-refractivity contribution in [3.63, 3.8) is 0 Å². The number of rotatable bonds is 3. The lowest BCUT2D eigenvalue weighted by atomic mass is 10.3. The number of nitrogens with one attached hydrogen (secondary N) is 2. The van der Waals surface area contributed by atoms with E-state index in [2.05, 4.69) is 22.7 Å². The first kappa shape index (κ1) is 8.31. The molecule has 13 heavy (non-hydrogen) atoms. The van der Waals surface area contributed by atoms with Gasteiger partial charge in [-0.3, -0.25) is 0 Å². The molecule has 0 aliphatic heterocycles. The molecule has 1 saturated carbocycles. The molecule has 0 amide bonds. The fourth-order valence-electron chi connectivity index (χ4n) is 1.34. The van der Waals surface area contributed by atoms with Gasteiger partial charge in [0.25, 0.3) is 0 Å². The minimum absolute atomic E-state index is 0.632. The summed E-state index contributed by atoms with van der Waals surface area (Å²) in [5.74, 6) is 6.74. The molecule has 0 aromatic carbocycles. The van der Waals surface area contributed by atoms with Gasteiger partial charge >= 0.3 is 0 Å². The monoisotopic (exact) mass is 178 g/mol. The van der Waals surface area contributed by atoms with Gasteiger partial charge in [-0.25, -0.2) is 10.8 Å². The maximum atomic E-state index is 5.25. The van der Waals surface area contributed by atoms with Gasteiger partial charge in [-0.15, -0.1) is 0 Å². The minimum Gasteiger partial charge on any atom is -0.382 e. The Morgan fingerprint density at radius 3 is 3.00 bits per heavy atom. The average molecular weight is 178 g/mol. The number of nitrogen functional groups attached to an aromatic ring is 1. The molecule has 2 unspecified atom stereocenters. The van der Waals surface area contributed by atoms with Crippen LogP contribution in [-0.2, 0) is 0 Å². The molecule has 0 spiro atoms. The van der Waals surface area contributed by atoms with Crippen LogP contribution in [0.3, 0.4) is 0 Å². The summed E-state index contributed by atoms with van der Waals surface area (Å²) in [6, 6.07) is 4.49. The van der Waals surface area contributed by atoms with Crippen LogP contribution in [-0.4, -0.2) is 11.0 Å². The number of hydrogen-bond acceptors (Lipinski definition) is 4. The van der Waals surface area contributed by atoms with E-state index in [0.29, 0.717) is 11.9 Å². The van der Waals surface area contributed by atoms with Crippen molar-refractivity contribution in [2.75, 3.05) is 10.7 Å². The lowest BCUT2D eigenvalue weighted by Crippen LogP contribution is -2.09. The van der Waals surface area contributed by atoms with Crippen LogP contribution < -0.4 is 16.6 Å². The van der Waals surface area contributed by atoms with E-state index < -0.39 is 0 Å². The third-order valence-corrected chi connectivity index (χ3v) is 2.37. The van der Waals surface area contributed by atoms with Crippen molar-refractivity contribution in [1.29, 1.82) is 0 Å². The lowest BCUT2D eigenvalue weighted by Gasteiger charge is -2.05. The Hall–Kier alpha value is -1.29. The summed E-state index contributed by atoms with van der Waals surface area (Å²) in [5.41, 5.74) is 3.60. The van der Waals surface area contributed by atoms with E-state index in [0.717, 1.165) is 11.6 Å². The molecule has 2 rings (SSSR count). The Morgan fingerprint density at radius 2 is 2.38 bits per heavy atom. The van der Waals surface area contributed by atoms with Gasteiger partial charge in [0.05, 0.1) is 0 Å².